The largest absolute Gasteiger partial charge is 0.574 e. The molecule has 0 unspecified atom stereocenters. The van der Waals surface area contributed by atoms with Crippen molar-refractivity contribution in [3.8, 4) is 5.88 Å². The highest BCUT2D eigenvalue weighted by Crippen LogP contribution is 2.34. The molecule has 0 amide bonds. The van der Waals surface area contributed by atoms with Gasteiger partial charge in [0.25, 0.3) is 9.05 Å². The van der Waals surface area contributed by atoms with Gasteiger partial charge in [0, 0.05) is 20.4 Å². The van der Waals surface area contributed by atoms with Gasteiger partial charge in [-0.3, -0.25) is 0 Å². The lowest BCUT2D eigenvalue weighted by atomic mass is 10.3. The highest BCUT2D eigenvalue weighted by molar-refractivity contribution is 14.1. The fourth-order valence-corrected chi connectivity index (χ4v) is 3.67. The third-order valence-corrected chi connectivity index (χ3v) is 4.66. The Kier molecular flexibility index (Phi) is 4.14. The minimum absolute atomic E-state index is 0.0341. The average Bonchev–Trinajstić information content (AvgIpc) is 2.06. The normalized spacial score (nSPS) is 12.6. The highest BCUT2D eigenvalue weighted by atomic mass is 127. The van der Waals surface area contributed by atoms with Gasteiger partial charge in [0.1, 0.15) is 0 Å². The van der Waals surface area contributed by atoms with Crippen molar-refractivity contribution in [3.05, 3.63) is 15.3 Å². The van der Waals surface area contributed by atoms with E-state index in [0.29, 0.717) is 5.56 Å². The van der Waals surface area contributed by atoms with Crippen LogP contribution in [0.3, 0.4) is 0 Å². The van der Waals surface area contributed by atoms with E-state index in [1.807, 2.05) is 0 Å². The van der Waals surface area contributed by atoms with Crippen LogP contribution in [0.2, 0.25) is 0 Å². The number of nitrogens with zero attached hydrogens (tertiary/aromatic N) is 1. The molecule has 1 aromatic rings. The van der Waals surface area contributed by atoms with Crippen molar-refractivity contribution < 1.29 is 26.3 Å². The molecule has 4 nitrogen and oxygen atoms in total. The molecule has 10 heteroatoms. The van der Waals surface area contributed by atoms with E-state index in [1.165, 1.54) is 6.92 Å². The van der Waals surface area contributed by atoms with Gasteiger partial charge in [0.05, 0.1) is 0 Å². The van der Waals surface area contributed by atoms with Crippen molar-refractivity contribution in [3.63, 3.8) is 0 Å². The molecule has 0 aliphatic rings. The van der Waals surface area contributed by atoms with Crippen LogP contribution in [0, 0.1) is 10.5 Å². The van der Waals surface area contributed by atoms with Crippen LogP contribution in [0.5, 0.6) is 5.88 Å². The maximum Gasteiger partial charge on any atom is 0.574 e. The Morgan fingerprint density at radius 2 is 2.00 bits per heavy atom. The smallest absolute Gasteiger partial charge is 0.386 e. The molecule has 1 heterocycles. The first-order valence-corrected chi connectivity index (χ1v) is 7.26. The summed E-state index contributed by atoms with van der Waals surface area (Å²) in [5.41, 5.74) is 0.374. The minimum atomic E-state index is -5.04. The van der Waals surface area contributed by atoms with E-state index in [9.17, 15) is 21.6 Å². The number of rotatable bonds is 2. The quantitative estimate of drug-likeness (QED) is 0.565. The van der Waals surface area contributed by atoms with Crippen LogP contribution in [0.1, 0.15) is 5.56 Å². The molecule has 1 rings (SSSR count). The third kappa shape index (κ3) is 3.85. The number of alkyl halides is 3. The highest BCUT2D eigenvalue weighted by Gasteiger charge is 2.36. The van der Waals surface area contributed by atoms with E-state index in [2.05, 4.69) is 9.72 Å². The second-order valence-corrected chi connectivity index (χ2v) is 6.46. The van der Waals surface area contributed by atoms with Crippen LogP contribution in [0.4, 0.5) is 13.2 Å². The lowest BCUT2D eigenvalue weighted by molar-refractivity contribution is -0.277. The molecule has 0 saturated carbocycles. The van der Waals surface area contributed by atoms with Gasteiger partial charge >= 0.3 is 6.36 Å². The van der Waals surface area contributed by atoms with E-state index in [0.717, 1.165) is 6.20 Å². The van der Waals surface area contributed by atoms with Crippen LogP contribution in [0.25, 0.3) is 0 Å². The molecule has 0 bridgehead atoms. The Morgan fingerprint density at radius 1 is 1.47 bits per heavy atom. The SMILES string of the molecule is Cc1cnc(OC(F)(F)F)c(S(=O)(=O)Cl)c1I. The first-order chi connectivity index (χ1) is 7.52. The van der Waals surface area contributed by atoms with Crippen LogP contribution in [-0.2, 0) is 9.05 Å². The van der Waals surface area contributed by atoms with E-state index >= 15 is 0 Å². The summed E-state index contributed by atoms with van der Waals surface area (Å²) in [7, 11) is 0.668. The van der Waals surface area contributed by atoms with E-state index < -0.39 is 26.2 Å². The number of halogens is 5. The summed E-state index contributed by atoms with van der Waals surface area (Å²) >= 11 is 1.56. The standard InChI is InChI=1S/C7H4ClF3INO3S/c1-3-2-13-6(16-7(9,10)11)5(4(3)12)17(8,14)15/h2H,1H3. The van der Waals surface area contributed by atoms with E-state index in [4.69, 9.17) is 10.7 Å². The monoisotopic (exact) mass is 401 g/mol. The number of aromatic nitrogens is 1. The Bertz CT molecular complexity index is 546. The minimum Gasteiger partial charge on any atom is -0.386 e. The molecule has 1 aromatic heterocycles. The number of pyridine rings is 1. The van der Waals surface area contributed by atoms with Gasteiger partial charge in [-0.15, -0.1) is 13.2 Å². The van der Waals surface area contributed by atoms with Crippen molar-refractivity contribution >= 4 is 42.3 Å². The van der Waals surface area contributed by atoms with Gasteiger partial charge in [-0.1, -0.05) is 0 Å². The first kappa shape index (κ1) is 14.8. The van der Waals surface area contributed by atoms with Gasteiger partial charge in [0.15, 0.2) is 4.90 Å². The Labute approximate surface area is 113 Å². The molecular weight excluding hydrogens is 397 g/mol. The van der Waals surface area contributed by atoms with Crippen LogP contribution >= 0.6 is 33.3 Å². The second-order valence-electron chi connectivity index (χ2n) is 2.88. The Hall–Kier alpha value is -0.290. The van der Waals surface area contributed by atoms with Crippen LogP contribution in [-0.4, -0.2) is 19.8 Å². The van der Waals surface area contributed by atoms with Gasteiger partial charge in [0.2, 0.25) is 5.88 Å². The molecule has 0 aromatic carbocycles. The molecule has 0 aliphatic carbocycles. The number of aryl methyl sites for hydroxylation is 1. The average molecular weight is 402 g/mol. The summed E-state index contributed by atoms with van der Waals surface area (Å²) in [6.45, 7) is 1.48. The lowest BCUT2D eigenvalue weighted by Gasteiger charge is -2.12. The van der Waals surface area contributed by atoms with Crippen LogP contribution < -0.4 is 4.74 Å². The predicted molar refractivity (Wildman–Crippen MR) is 61.4 cm³/mol. The fourth-order valence-electron chi connectivity index (χ4n) is 0.937. The summed E-state index contributed by atoms with van der Waals surface area (Å²) < 4.78 is 62.0. The molecule has 0 saturated heterocycles. The molecule has 17 heavy (non-hydrogen) atoms. The zero-order valence-corrected chi connectivity index (χ0v) is 11.8. The summed E-state index contributed by atoms with van der Waals surface area (Å²) in [4.78, 5) is 2.50. The fraction of sp³-hybridized carbons (Fsp3) is 0.286. The second kappa shape index (κ2) is 4.76. The molecule has 0 spiro atoms. The van der Waals surface area contributed by atoms with Gasteiger partial charge in [-0.25, -0.2) is 13.4 Å². The first-order valence-electron chi connectivity index (χ1n) is 3.88. The third-order valence-electron chi connectivity index (χ3n) is 1.57. The van der Waals surface area contributed by atoms with Crippen molar-refractivity contribution in [2.75, 3.05) is 0 Å². The molecule has 0 fully saturated rings. The molecule has 0 atom stereocenters. The summed E-state index contributed by atoms with van der Waals surface area (Å²) in [6, 6.07) is 0. The Morgan fingerprint density at radius 3 is 2.41 bits per heavy atom. The summed E-state index contributed by atoms with van der Waals surface area (Å²) in [6.07, 6.45) is -3.98. The summed E-state index contributed by atoms with van der Waals surface area (Å²) in [5, 5.41) is 0. The molecule has 96 valence electrons. The lowest BCUT2D eigenvalue weighted by Crippen LogP contribution is -2.20. The van der Waals surface area contributed by atoms with Gasteiger partial charge in [-0.2, -0.15) is 0 Å². The zero-order valence-electron chi connectivity index (χ0n) is 8.05. The number of ether oxygens (including phenoxy) is 1. The molecule has 0 aliphatic heterocycles. The topological polar surface area (TPSA) is 56.3 Å². The Balaban J connectivity index is 3.47. The molecule has 0 N–H and O–H groups in total. The van der Waals surface area contributed by atoms with Crippen molar-refractivity contribution in [1.29, 1.82) is 0 Å². The number of hydrogen-bond donors (Lipinski definition) is 0. The maximum atomic E-state index is 12.0. The molecular formula is C7H4ClF3INO3S. The maximum absolute atomic E-state index is 12.0. The van der Waals surface area contributed by atoms with Crippen molar-refractivity contribution in [2.45, 2.75) is 18.2 Å². The van der Waals surface area contributed by atoms with Crippen LogP contribution in [0.15, 0.2) is 11.1 Å². The predicted octanol–water partition coefficient (Wildman–Crippen LogP) is 2.82. The summed E-state index contributed by atoms with van der Waals surface area (Å²) in [5.74, 6) is -1.08. The molecule has 0 radical (unpaired) electrons. The van der Waals surface area contributed by atoms with E-state index in [1.54, 1.807) is 22.6 Å². The zero-order chi connectivity index (χ0) is 13.4. The van der Waals surface area contributed by atoms with Crippen molar-refractivity contribution in [1.82, 2.24) is 4.98 Å². The van der Waals surface area contributed by atoms with E-state index in [-0.39, 0.29) is 3.57 Å². The van der Waals surface area contributed by atoms with Gasteiger partial charge in [-0.05, 0) is 35.1 Å². The van der Waals surface area contributed by atoms with Gasteiger partial charge < -0.3 is 4.74 Å². The van der Waals surface area contributed by atoms with Crippen molar-refractivity contribution in [2.24, 2.45) is 0 Å². The number of hydrogen-bond acceptors (Lipinski definition) is 4.